The lowest BCUT2D eigenvalue weighted by atomic mass is 9.96. The number of hydrogen-bond donors (Lipinski definition) is 1. The number of nitrogens with zero attached hydrogens (tertiary/aromatic N) is 1. The van der Waals surface area contributed by atoms with E-state index in [-0.39, 0.29) is 18.4 Å². The average molecular weight is 327 g/mol. The van der Waals surface area contributed by atoms with Crippen LogP contribution in [0.2, 0.25) is 5.02 Å². The summed E-state index contributed by atoms with van der Waals surface area (Å²) in [6.07, 6.45) is 0. The van der Waals surface area contributed by atoms with E-state index in [0.29, 0.717) is 17.3 Å². The number of ether oxygens (including phenoxy) is 1. The van der Waals surface area contributed by atoms with Crippen molar-refractivity contribution in [1.29, 1.82) is 0 Å². The summed E-state index contributed by atoms with van der Waals surface area (Å²) in [7, 11) is 3.24. The van der Waals surface area contributed by atoms with Crippen molar-refractivity contribution in [1.82, 2.24) is 10.2 Å². The zero-order valence-corrected chi connectivity index (χ0v) is 14.5. The molecule has 0 heterocycles. The van der Waals surface area contributed by atoms with Crippen LogP contribution in [0.4, 0.5) is 0 Å². The molecule has 1 aromatic carbocycles. The second kappa shape index (κ2) is 7.49. The van der Waals surface area contributed by atoms with Gasteiger partial charge >= 0.3 is 0 Å². The third kappa shape index (κ3) is 5.22. The maximum Gasteiger partial charge on any atom is 0.242 e. The Morgan fingerprint density at radius 2 is 1.95 bits per heavy atom. The number of amides is 2. The van der Waals surface area contributed by atoms with Crippen LogP contribution in [0.15, 0.2) is 18.2 Å². The molecule has 0 saturated carbocycles. The van der Waals surface area contributed by atoms with Crippen molar-refractivity contribution in [3.8, 4) is 5.75 Å². The van der Waals surface area contributed by atoms with E-state index in [1.165, 1.54) is 4.90 Å². The zero-order valence-electron chi connectivity index (χ0n) is 13.7. The molecule has 5 nitrogen and oxygen atoms in total. The molecule has 2 amide bonds. The van der Waals surface area contributed by atoms with Crippen LogP contribution in [0.3, 0.4) is 0 Å². The molecule has 6 heteroatoms. The first-order chi connectivity index (χ1) is 10.1. The van der Waals surface area contributed by atoms with Crippen LogP contribution in [-0.4, -0.2) is 37.4 Å². The number of rotatable bonds is 5. The molecule has 0 saturated heterocycles. The Labute approximate surface area is 136 Å². The number of nitrogens with one attached hydrogen (secondary N) is 1. The largest absolute Gasteiger partial charge is 0.496 e. The van der Waals surface area contributed by atoms with Crippen LogP contribution in [0.1, 0.15) is 26.3 Å². The minimum absolute atomic E-state index is 0.0323. The van der Waals surface area contributed by atoms with E-state index in [1.54, 1.807) is 53.1 Å². The molecule has 0 radical (unpaired) electrons. The number of methoxy groups -OCH3 is 1. The number of carbonyl (C=O) groups is 2. The van der Waals surface area contributed by atoms with E-state index in [9.17, 15) is 9.59 Å². The van der Waals surface area contributed by atoms with Gasteiger partial charge < -0.3 is 15.0 Å². The maximum atomic E-state index is 12.1. The summed E-state index contributed by atoms with van der Waals surface area (Å²) in [6.45, 7) is 5.72. The number of halogens is 1. The molecule has 0 spiro atoms. The predicted octanol–water partition coefficient (Wildman–Crippen LogP) is 2.47. The summed E-state index contributed by atoms with van der Waals surface area (Å²) >= 11 is 5.97. The van der Waals surface area contributed by atoms with E-state index < -0.39 is 5.41 Å². The Bertz CT molecular complexity index is 553. The fourth-order valence-corrected chi connectivity index (χ4v) is 1.97. The van der Waals surface area contributed by atoms with E-state index in [2.05, 4.69) is 5.32 Å². The number of hydrogen-bond acceptors (Lipinski definition) is 3. The quantitative estimate of drug-likeness (QED) is 0.904. The van der Waals surface area contributed by atoms with Gasteiger partial charge in [0.15, 0.2) is 0 Å². The summed E-state index contributed by atoms with van der Waals surface area (Å²) in [6, 6.07) is 5.25. The summed E-state index contributed by atoms with van der Waals surface area (Å²) < 4.78 is 5.26. The minimum Gasteiger partial charge on any atom is -0.496 e. The molecule has 0 atom stereocenters. The topological polar surface area (TPSA) is 58.6 Å². The predicted molar refractivity (Wildman–Crippen MR) is 86.9 cm³/mol. The standard InChI is InChI=1S/C16H23ClN2O3/c1-16(2,3)15(21)18-9-14(20)19(4)10-11-8-12(17)6-7-13(11)22-5/h6-8H,9-10H2,1-5H3,(H,18,21). The first-order valence-electron chi connectivity index (χ1n) is 7.00. The molecule has 0 aliphatic carbocycles. The van der Waals surface area contributed by atoms with Gasteiger partial charge in [-0.2, -0.15) is 0 Å². The fourth-order valence-electron chi connectivity index (χ4n) is 1.77. The highest BCUT2D eigenvalue weighted by Crippen LogP contribution is 2.23. The number of likely N-dealkylation sites (N-methyl/N-ethyl adjacent to an activating group) is 1. The van der Waals surface area contributed by atoms with E-state index in [4.69, 9.17) is 16.3 Å². The lowest BCUT2D eigenvalue weighted by molar-refractivity contribution is -0.134. The maximum absolute atomic E-state index is 12.1. The second-order valence-corrected chi connectivity index (χ2v) is 6.58. The molecule has 0 bridgehead atoms. The smallest absolute Gasteiger partial charge is 0.242 e. The van der Waals surface area contributed by atoms with Crippen LogP contribution < -0.4 is 10.1 Å². The van der Waals surface area contributed by atoms with Gasteiger partial charge in [0.1, 0.15) is 5.75 Å². The first kappa shape index (κ1) is 18.3. The Hall–Kier alpha value is -1.75. The molecule has 122 valence electrons. The molecule has 22 heavy (non-hydrogen) atoms. The van der Waals surface area contributed by atoms with Crippen LogP contribution in [0.5, 0.6) is 5.75 Å². The van der Waals surface area contributed by atoms with Crippen molar-refractivity contribution in [3.63, 3.8) is 0 Å². The molecule has 0 aromatic heterocycles. The monoisotopic (exact) mass is 326 g/mol. The van der Waals surface area contributed by atoms with Crippen molar-refractivity contribution < 1.29 is 14.3 Å². The van der Waals surface area contributed by atoms with Crippen LogP contribution >= 0.6 is 11.6 Å². The summed E-state index contributed by atoms with van der Waals surface area (Å²) in [4.78, 5) is 25.4. The molecular formula is C16H23ClN2O3. The SMILES string of the molecule is COc1ccc(Cl)cc1CN(C)C(=O)CNC(=O)C(C)(C)C. The summed E-state index contributed by atoms with van der Waals surface area (Å²) in [5.41, 5.74) is 0.294. The summed E-state index contributed by atoms with van der Waals surface area (Å²) in [5.74, 6) is 0.331. The van der Waals surface area contributed by atoms with Gasteiger partial charge in [-0.25, -0.2) is 0 Å². The third-order valence-electron chi connectivity index (χ3n) is 3.16. The molecule has 0 unspecified atom stereocenters. The highest BCUT2D eigenvalue weighted by molar-refractivity contribution is 6.30. The molecule has 0 fully saturated rings. The lowest BCUT2D eigenvalue weighted by Gasteiger charge is -2.21. The number of benzene rings is 1. The van der Waals surface area contributed by atoms with E-state index in [1.807, 2.05) is 0 Å². The Kier molecular flexibility index (Phi) is 6.23. The van der Waals surface area contributed by atoms with Gasteiger partial charge in [-0.05, 0) is 18.2 Å². The van der Waals surface area contributed by atoms with Gasteiger partial charge in [0, 0.05) is 29.6 Å². The van der Waals surface area contributed by atoms with Crippen molar-refractivity contribution in [2.45, 2.75) is 27.3 Å². The highest BCUT2D eigenvalue weighted by Gasteiger charge is 2.22. The summed E-state index contributed by atoms with van der Waals surface area (Å²) in [5, 5.41) is 3.22. The van der Waals surface area contributed by atoms with Gasteiger partial charge in [-0.15, -0.1) is 0 Å². The highest BCUT2D eigenvalue weighted by atomic mass is 35.5. The Morgan fingerprint density at radius 1 is 1.32 bits per heavy atom. The normalized spacial score (nSPS) is 11.0. The van der Waals surface area contributed by atoms with Gasteiger partial charge in [-0.3, -0.25) is 9.59 Å². The van der Waals surface area contributed by atoms with Crippen molar-refractivity contribution in [2.24, 2.45) is 5.41 Å². The molecule has 1 N–H and O–H groups in total. The fraction of sp³-hybridized carbons (Fsp3) is 0.500. The van der Waals surface area contributed by atoms with Crippen molar-refractivity contribution >= 4 is 23.4 Å². The number of carbonyl (C=O) groups excluding carboxylic acids is 2. The lowest BCUT2D eigenvalue weighted by Crippen LogP contribution is -2.42. The van der Waals surface area contributed by atoms with Crippen LogP contribution in [0, 0.1) is 5.41 Å². The van der Waals surface area contributed by atoms with E-state index in [0.717, 1.165) is 5.56 Å². The van der Waals surface area contributed by atoms with Gasteiger partial charge in [0.25, 0.3) is 0 Å². The van der Waals surface area contributed by atoms with Gasteiger partial charge in [0.2, 0.25) is 11.8 Å². The second-order valence-electron chi connectivity index (χ2n) is 6.14. The van der Waals surface area contributed by atoms with Crippen LogP contribution in [-0.2, 0) is 16.1 Å². The van der Waals surface area contributed by atoms with Crippen molar-refractivity contribution in [3.05, 3.63) is 28.8 Å². The Morgan fingerprint density at radius 3 is 2.50 bits per heavy atom. The molecular weight excluding hydrogens is 304 g/mol. The zero-order chi connectivity index (χ0) is 16.9. The third-order valence-corrected chi connectivity index (χ3v) is 3.39. The van der Waals surface area contributed by atoms with Gasteiger partial charge in [0.05, 0.1) is 13.7 Å². The molecule has 1 rings (SSSR count). The van der Waals surface area contributed by atoms with Crippen molar-refractivity contribution in [2.75, 3.05) is 20.7 Å². The van der Waals surface area contributed by atoms with E-state index >= 15 is 0 Å². The van der Waals surface area contributed by atoms with Crippen LogP contribution in [0.25, 0.3) is 0 Å². The Balaban J connectivity index is 2.65. The molecule has 1 aromatic rings. The minimum atomic E-state index is -0.519. The van der Waals surface area contributed by atoms with Gasteiger partial charge in [-0.1, -0.05) is 32.4 Å². The first-order valence-corrected chi connectivity index (χ1v) is 7.37. The molecule has 0 aliphatic heterocycles. The molecule has 0 aliphatic rings. The average Bonchev–Trinajstić information content (AvgIpc) is 2.43.